The molecule has 2 N–H and O–H groups in total. The molecule has 3 unspecified atom stereocenters. The second-order valence-corrected chi connectivity index (χ2v) is 2.90. The smallest absolute Gasteiger partial charge is 0.120 e. The Morgan fingerprint density at radius 2 is 2.55 bits per heavy atom. The van der Waals surface area contributed by atoms with E-state index >= 15 is 0 Å². The van der Waals surface area contributed by atoms with E-state index in [9.17, 15) is 4.79 Å². The van der Waals surface area contributed by atoms with Gasteiger partial charge in [0.2, 0.25) is 0 Å². The summed E-state index contributed by atoms with van der Waals surface area (Å²) in [6.07, 6.45) is 2.64. The predicted octanol–water partition coefficient (Wildman–Crippen LogP) is 0.126. The lowest BCUT2D eigenvalue weighted by atomic mass is 10.0. The van der Waals surface area contributed by atoms with E-state index in [1.807, 2.05) is 6.92 Å². The van der Waals surface area contributed by atoms with Gasteiger partial charge < -0.3 is 10.5 Å². The van der Waals surface area contributed by atoms with Gasteiger partial charge in [-0.25, -0.2) is 4.79 Å². The van der Waals surface area contributed by atoms with Gasteiger partial charge in [-0.1, -0.05) is 0 Å². The fourth-order valence-electron chi connectivity index (χ4n) is 1.48. The molecule has 0 aromatic heterocycles. The summed E-state index contributed by atoms with van der Waals surface area (Å²) in [4.78, 5) is 10.1. The van der Waals surface area contributed by atoms with Crippen LogP contribution in [0.1, 0.15) is 13.3 Å². The number of hydrogen-bond donors (Lipinski definition) is 1. The van der Waals surface area contributed by atoms with Crippen molar-refractivity contribution in [1.29, 1.82) is 0 Å². The first-order valence-electron chi connectivity index (χ1n) is 3.84. The Hall–Kier alpha value is -0.630. The highest BCUT2D eigenvalue weighted by Crippen LogP contribution is 2.25. The van der Waals surface area contributed by atoms with Crippen LogP contribution in [-0.4, -0.2) is 24.7 Å². The third-order valence-electron chi connectivity index (χ3n) is 2.00. The van der Waals surface area contributed by atoms with Gasteiger partial charge in [0.1, 0.15) is 5.94 Å². The van der Waals surface area contributed by atoms with E-state index < -0.39 is 0 Å². The minimum Gasteiger partial charge on any atom is -0.373 e. The fourth-order valence-corrected chi connectivity index (χ4v) is 1.48. The van der Waals surface area contributed by atoms with Gasteiger partial charge in [0.05, 0.1) is 12.2 Å². The minimum atomic E-state index is 0.0199. The lowest BCUT2D eigenvalue weighted by Gasteiger charge is -2.10. The van der Waals surface area contributed by atoms with Crippen molar-refractivity contribution in [3.63, 3.8) is 0 Å². The molecule has 3 atom stereocenters. The predicted molar refractivity (Wildman–Crippen MR) is 41.8 cm³/mol. The van der Waals surface area contributed by atoms with Crippen LogP contribution in [0.25, 0.3) is 0 Å². The first-order valence-corrected chi connectivity index (χ1v) is 3.84. The summed E-state index contributed by atoms with van der Waals surface area (Å²) in [6, 6.07) is 0. The summed E-state index contributed by atoms with van der Waals surface area (Å²) < 4.78 is 5.44. The van der Waals surface area contributed by atoms with Crippen LogP contribution in [0.5, 0.6) is 0 Å². The molecule has 3 heteroatoms. The van der Waals surface area contributed by atoms with Crippen molar-refractivity contribution in [2.75, 3.05) is 6.54 Å². The first-order chi connectivity index (χ1) is 5.27. The van der Waals surface area contributed by atoms with Crippen molar-refractivity contribution < 1.29 is 9.53 Å². The van der Waals surface area contributed by atoms with E-state index in [1.54, 1.807) is 5.94 Å². The highest BCUT2D eigenvalue weighted by Gasteiger charge is 2.30. The molecule has 1 saturated heterocycles. The number of rotatable bonds is 2. The van der Waals surface area contributed by atoms with Gasteiger partial charge >= 0.3 is 0 Å². The van der Waals surface area contributed by atoms with Crippen molar-refractivity contribution in [1.82, 2.24) is 0 Å². The molecule has 0 aliphatic carbocycles. The van der Waals surface area contributed by atoms with Gasteiger partial charge in [0, 0.05) is 18.5 Å². The number of carbonyl (C=O) groups excluding carboxylic acids is 1. The van der Waals surface area contributed by atoms with Crippen LogP contribution in [0.3, 0.4) is 0 Å². The molecule has 1 fully saturated rings. The zero-order valence-electron chi connectivity index (χ0n) is 6.62. The molecule has 1 heterocycles. The molecular weight excluding hydrogens is 142 g/mol. The Labute approximate surface area is 66.2 Å². The summed E-state index contributed by atoms with van der Waals surface area (Å²) >= 11 is 0. The monoisotopic (exact) mass is 155 g/mol. The molecule has 0 aromatic carbocycles. The molecule has 0 bridgehead atoms. The van der Waals surface area contributed by atoms with Gasteiger partial charge in [0.15, 0.2) is 0 Å². The summed E-state index contributed by atoms with van der Waals surface area (Å²) in [6.45, 7) is 2.47. The molecule has 3 nitrogen and oxygen atoms in total. The normalized spacial score (nSPS) is 36.7. The lowest BCUT2D eigenvalue weighted by molar-refractivity contribution is 0.0545. The maximum Gasteiger partial charge on any atom is 0.120 e. The second-order valence-electron chi connectivity index (χ2n) is 2.90. The standard InChI is InChI=1S/C8H13NO2/c1-6-4-7(2-3-10)8(5-9)11-6/h2,6-8H,4-5,9H2,1H3. The van der Waals surface area contributed by atoms with Crippen LogP contribution < -0.4 is 5.73 Å². The van der Waals surface area contributed by atoms with Gasteiger partial charge in [0.25, 0.3) is 0 Å². The highest BCUT2D eigenvalue weighted by molar-refractivity contribution is 5.46. The molecule has 1 rings (SSSR count). The first kappa shape index (κ1) is 8.47. The van der Waals surface area contributed by atoms with E-state index in [4.69, 9.17) is 10.5 Å². The second kappa shape index (κ2) is 3.67. The molecule has 0 radical (unpaired) electrons. The fraction of sp³-hybridized carbons (Fsp3) is 0.750. The minimum absolute atomic E-state index is 0.0199. The zero-order valence-corrected chi connectivity index (χ0v) is 6.62. The molecule has 62 valence electrons. The number of nitrogens with two attached hydrogens (primary N) is 1. The molecule has 0 saturated carbocycles. The van der Waals surface area contributed by atoms with Gasteiger partial charge in [-0.15, -0.1) is 0 Å². The van der Waals surface area contributed by atoms with Gasteiger partial charge in [-0.05, 0) is 13.3 Å². The van der Waals surface area contributed by atoms with Crippen LogP contribution in [0.15, 0.2) is 6.08 Å². The maximum absolute atomic E-state index is 10.1. The SMILES string of the molecule is CC1CC(C=C=O)C(CN)O1. The average Bonchev–Trinajstić information content (AvgIpc) is 2.32. The van der Waals surface area contributed by atoms with Crippen LogP contribution in [-0.2, 0) is 9.53 Å². The summed E-state index contributed by atoms with van der Waals surface area (Å²) in [7, 11) is 0. The molecule has 0 amide bonds. The third-order valence-corrected chi connectivity index (χ3v) is 2.00. The van der Waals surface area contributed by atoms with Crippen LogP contribution >= 0.6 is 0 Å². The zero-order chi connectivity index (χ0) is 8.27. The highest BCUT2D eigenvalue weighted by atomic mass is 16.5. The molecule has 1 aliphatic rings. The van der Waals surface area contributed by atoms with Gasteiger partial charge in [-0.2, -0.15) is 0 Å². The van der Waals surface area contributed by atoms with E-state index in [2.05, 4.69) is 0 Å². The van der Waals surface area contributed by atoms with Crippen molar-refractivity contribution in [3.05, 3.63) is 6.08 Å². The molecular formula is C8H13NO2. The Kier molecular flexibility index (Phi) is 2.83. The van der Waals surface area contributed by atoms with Crippen molar-refractivity contribution >= 4 is 5.94 Å². The van der Waals surface area contributed by atoms with Crippen LogP contribution in [0.2, 0.25) is 0 Å². The summed E-state index contributed by atoms with van der Waals surface area (Å²) in [5.74, 6) is 1.96. The molecule has 11 heavy (non-hydrogen) atoms. The van der Waals surface area contributed by atoms with Crippen molar-refractivity contribution in [2.45, 2.75) is 25.6 Å². The lowest BCUT2D eigenvalue weighted by Crippen LogP contribution is -2.25. The average molecular weight is 155 g/mol. The third kappa shape index (κ3) is 1.90. The number of ether oxygens (including phenoxy) is 1. The van der Waals surface area contributed by atoms with Crippen molar-refractivity contribution in [2.24, 2.45) is 11.7 Å². The van der Waals surface area contributed by atoms with E-state index in [-0.39, 0.29) is 18.1 Å². The largest absolute Gasteiger partial charge is 0.373 e. The van der Waals surface area contributed by atoms with E-state index in [0.29, 0.717) is 6.54 Å². The maximum atomic E-state index is 10.1. The Morgan fingerprint density at radius 3 is 3.09 bits per heavy atom. The number of hydrogen-bond acceptors (Lipinski definition) is 3. The van der Waals surface area contributed by atoms with Crippen LogP contribution in [0, 0.1) is 5.92 Å². The van der Waals surface area contributed by atoms with E-state index in [0.717, 1.165) is 6.42 Å². The Bertz CT molecular complexity index is 175. The van der Waals surface area contributed by atoms with Crippen molar-refractivity contribution in [3.8, 4) is 0 Å². The molecule has 1 aliphatic heterocycles. The molecule has 0 spiro atoms. The Balaban J connectivity index is 2.56. The quantitative estimate of drug-likeness (QED) is 0.576. The molecule has 0 aromatic rings. The van der Waals surface area contributed by atoms with E-state index in [1.165, 1.54) is 6.08 Å². The van der Waals surface area contributed by atoms with Crippen LogP contribution in [0.4, 0.5) is 0 Å². The summed E-state index contributed by atoms with van der Waals surface area (Å²) in [5.41, 5.74) is 5.44. The Morgan fingerprint density at radius 1 is 1.82 bits per heavy atom. The topological polar surface area (TPSA) is 52.3 Å². The van der Waals surface area contributed by atoms with Gasteiger partial charge in [-0.3, -0.25) is 0 Å². The summed E-state index contributed by atoms with van der Waals surface area (Å²) in [5, 5.41) is 0.